The van der Waals surface area contributed by atoms with E-state index in [-0.39, 0.29) is 27.1 Å². The second-order valence-corrected chi connectivity index (χ2v) is 6.52. The summed E-state index contributed by atoms with van der Waals surface area (Å²) in [4.78, 5) is 37.7. The van der Waals surface area contributed by atoms with Crippen LogP contribution < -0.4 is 10.2 Å². The van der Waals surface area contributed by atoms with Crippen molar-refractivity contribution >= 4 is 64.4 Å². The summed E-state index contributed by atoms with van der Waals surface area (Å²) in [5.41, 5.74) is 0.260. The smallest absolute Gasteiger partial charge is 0.335 e. The van der Waals surface area contributed by atoms with Gasteiger partial charge in [-0.3, -0.25) is 14.9 Å². The van der Waals surface area contributed by atoms with E-state index in [1.807, 2.05) is 0 Å². The number of barbiturate groups is 1. The van der Waals surface area contributed by atoms with Gasteiger partial charge in [-0.25, -0.2) is 9.69 Å². The number of carbonyl (C=O) groups excluding carboxylic acids is 3. The van der Waals surface area contributed by atoms with Gasteiger partial charge < -0.3 is 5.11 Å². The van der Waals surface area contributed by atoms with Gasteiger partial charge >= 0.3 is 6.03 Å². The van der Waals surface area contributed by atoms with E-state index in [1.165, 1.54) is 42.5 Å². The van der Waals surface area contributed by atoms with E-state index < -0.39 is 17.8 Å². The van der Waals surface area contributed by atoms with Crippen LogP contribution >= 0.6 is 34.8 Å². The number of phenols is 1. The molecule has 2 aromatic rings. The van der Waals surface area contributed by atoms with Crippen molar-refractivity contribution < 1.29 is 19.5 Å². The molecule has 0 spiro atoms. The van der Waals surface area contributed by atoms with Crippen molar-refractivity contribution in [1.29, 1.82) is 0 Å². The second kappa shape index (κ2) is 6.99. The molecule has 1 aliphatic rings. The lowest BCUT2D eigenvalue weighted by molar-refractivity contribution is -0.122. The fourth-order valence-corrected chi connectivity index (χ4v) is 2.95. The lowest BCUT2D eigenvalue weighted by atomic mass is 10.1. The van der Waals surface area contributed by atoms with Crippen LogP contribution in [0.1, 0.15) is 5.56 Å². The van der Waals surface area contributed by atoms with Gasteiger partial charge in [0.2, 0.25) is 0 Å². The minimum atomic E-state index is -0.874. The van der Waals surface area contributed by atoms with E-state index in [2.05, 4.69) is 5.32 Å². The Morgan fingerprint density at radius 1 is 0.962 bits per heavy atom. The fraction of sp³-hybridized carbons (Fsp3) is 0. The largest absolute Gasteiger partial charge is 0.505 e. The molecule has 0 radical (unpaired) electrons. The van der Waals surface area contributed by atoms with Crippen molar-refractivity contribution in [3.8, 4) is 5.75 Å². The van der Waals surface area contributed by atoms with Crippen LogP contribution in [0.25, 0.3) is 6.08 Å². The number of benzene rings is 2. The van der Waals surface area contributed by atoms with E-state index in [4.69, 9.17) is 34.8 Å². The Balaban J connectivity index is 2.04. The molecule has 2 N–H and O–H groups in total. The van der Waals surface area contributed by atoms with Crippen LogP contribution in [-0.2, 0) is 9.59 Å². The molecule has 1 saturated heterocycles. The molecule has 0 unspecified atom stereocenters. The molecular formula is C17H9Cl3N2O4. The highest BCUT2D eigenvalue weighted by Crippen LogP contribution is 2.33. The van der Waals surface area contributed by atoms with Crippen molar-refractivity contribution in [3.05, 3.63) is 62.6 Å². The van der Waals surface area contributed by atoms with E-state index in [9.17, 15) is 19.5 Å². The summed E-state index contributed by atoms with van der Waals surface area (Å²) in [6.45, 7) is 0. The Bertz CT molecular complexity index is 947. The summed E-state index contributed by atoms with van der Waals surface area (Å²) in [7, 11) is 0. The summed E-state index contributed by atoms with van der Waals surface area (Å²) >= 11 is 17.5. The summed E-state index contributed by atoms with van der Waals surface area (Å²) in [6.07, 6.45) is 1.23. The predicted molar refractivity (Wildman–Crippen MR) is 98.6 cm³/mol. The fourth-order valence-electron chi connectivity index (χ4n) is 2.32. The van der Waals surface area contributed by atoms with Crippen LogP contribution in [0, 0.1) is 0 Å². The molecule has 3 rings (SSSR count). The van der Waals surface area contributed by atoms with Crippen LogP contribution in [0.3, 0.4) is 0 Å². The Kier molecular flexibility index (Phi) is 4.91. The minimum Gasteiger partial charge on any atom is -0.505 e. The van der Waals surface area contributed by atoms with Gasteiger partial charge in [0.1, 0.15) is 5.57 Å². The van der Waals surface area contributed by atoms with E-state index in [1.54, 1.807) is 0 Å². The number of aromatic hydroxyl groups is 1. The Morgan fingerprint density at radius 3 is 2.12 bits per heavy atom. The zero-order chi connectivity index (χ0) is 19.0. The number of nitrogens with zero attached hydrogens (tertiary/aromatic N) is 1. The summed E-state index contributed by atoms with van der Waals surface area (Å²) in [5, 5.41) is 12.0. The number of halogens is 3. The highest BCUT2D eigenvalue weighted by atomic mass is 35.5. The third-order valence-corrected chi connectivity index (χ3v) is 4.36. The van der Waals surface area contributed by atoms with Gasteiger partial charge in [0.05, 0.1) is 15.7 Å². The van der Waals surface area contributed by atoms with Crippen molar-refractivity contribution in [3.63, 3.8) is 0 Å². The molecule has 132 valence electrons. The number of hydrogen-bond donors (Lipinski definition) is 2. The molecule has 4 amide bonds. The van der Waals surface area contributed by atoms with Gasteiger partial charge in [-0.2, -0.15) is 0 Å². The second-order valence-electron chi connectivity index (χ2n) is 5.27. The van der Waals surface area contributed by atoms with Crippen molar-refractivity contribution in [2.24, 2.45) is 0 Å². The number of phenolic OH excluding ortho intramolecular Hbond substituents is 1. The molecule has 0 aromatic heterocycles. The van der Waals surface area contributed by atoms with E-state index in [0.717, 1.165) is 4.90 Å². The monoisotopic (exact) mass is 410 g/mol. The first kappa shape index (κ1) is 18.3. The number of nitrogens with one attached hydrogen (secondary N) is 1. The van der Waals surface area contributed by atoms with E-state index in [0.29, 0.717) is 10.6 Å². The van der Waals surface area contributed by atoms with E-state index >= 15 is 0 Å². The number of carbonyl (C=O) groups is 3. The number of urea groups is 1. The van der Waals surface area contributed by atoms with Crippen LogP contribution in [0.2, 0.25) is 15.1 Å². The van der Waals surface area contributed by atoms with Crippen molar-refractivity contribution in [1.82, 2.24) is 5.32 Å². The number of amides is 4. The number of rotatable bonds is 2. The third kappa shape index (κ3) is 3.39. The quantitative estimate of drug-likeness (QED) is 0.577. The van der Waals surface area contributed by atoms with Gasteiger partial charge in [0.15, 0.2) is 5.75 Å². The molecule has 1 fully saturated rings. The maximum atomic E-state index is 12.7. The SMILES string of the molecule is O=C1NC(=O)N(c2ccc(Cl)cc2)C(=O)/C1=C/c1cc(Cl)c(O)c(Cl)c1. The zero-order valence-electron chi connectivity index (χ0n) is 12.8. The first-order valence-corrected chi connectivity index (χ1v) is 8.26. The van der Waals surface area contributed by atoms with Crippen LogP contribution in [0.4, 0.5) is 10.5 Å². The van der Waals surface area contributed by atoms with Gasteiger partial charge in [-0.15, -0.1) is 0 Å². The van der Waals surface area contributed by atoms with Gasteiger partial charge in [0, 0.05) is 5.02 Å². The third-order valence-electron chi connectivity index (χ3n) is 3.54. The average Bonchev–Trinajstić information content (AvgIpc) is 2.58. The predicted octanol–water partition coefficient (Wildman–Crippen LogP) is 4.02. The average molecular weight is 412 g/mol. The topological polar surface area (TPSA) is 86.7 Å². The van der Waals surface area contributed by atoms with Gasteiger partial charge in [0.25, 0.3) is 11.8 Å². The molecular weight excluding hydrogens is 403 g/mol. The Labute approximate surface area is 162 Å². The Hall–Kier alpha value is -2.54. The van der Waals surface area contributed by atoms with Gasteiger partial charge in [-0.05, 0) is 48.0 Å². The normalized spacial score (nSPS) is 16.2. The Morgan fingerprint density at radius 2 is 1.54 bits per heavy atom. The lowest BCUT2D eigenvalue weighted by Crippen LogP contribution is -2.54. The summed E-state index contributed by atoms with van der Waals surface area (Å²) < 4.78 is 0. The molecule has 1 aliphatic heterocycles. The molecule has 1 heterocycles. The molecule has 0 saturated carbocycles. The standard InChI is InChI=1S/C17H9Cl3N2O4/c18-9-1-3-10(4-2-9)22-16(25)11(15(24)21-17(22)26)5-8-6-12(19)14(23)13(20)7-8/h1-7,23H,(H,21,24,26)/b11-5+. The highest BCUT2D eigenvalue weighted by molar-refractivity contribution is 6.40. The zero-order valence-corrected chi connectivity index (χ0v) is 15.1. The molecule has 0 aliphatic carbocycles. The molecule has 2 aromatic carbocycles. The number of imide groups is 2. The number of anilines is 1. The van der Waals surface area contributed by atoms with Crippen molar-refractivity contribution in [2.75, 3.05) is 4.90 Å². The number of hydrogen-bond acceptors (Lipinski definition) is 4. The maximum absolute atomic E-state index is 12.7. The molecule has 9 heteroatoms. The maximum Gasteiger partial charge on any atom is 0.335 e. The molecule has 26 heavy (non-hydrogen) atoms. The first-order valence-electron chi connectivity index (χ1n) is 7.13. The first-order chi connectivity index (χ1) is 12.3. The van der Waals surface area contributed by atoms with Crippen LogP contribution in [0.15, 0.2) is 42.0 Å². The summed E-state index contributed by atoms with van der Waals surface area (Å²) in [5.74, 6) is -1.99. The summed E-state index contributed by atoms with van der Waals surface area (Å²) in [6, 6.07) is 7.76. The van der Waals surface area contributed by atoms with Crippen LogP contribution in [0.5, 0.6) is 5.75 Å². The minimum absolute atomic E-state index is 0.0429. The highest BCUT2D eigenvalue weighted by Gasteiger charge is 2.36. The van der Waals surface area contributed by atoms with Crippen LogP contribution in [-0.4, -0.2) is 23.0 Å². The van der Waals surface area contributed by atoms with Gasteiger partial charge in [-0.1, -0.05) is 34.8 Å². The molecule has 0 atom stereocenters. The molecule has 0 bridgehead atoms. The van der Waals surface area contributed by atoms with Crippen molar-refractivity contribution in [2.45, 2.75) is 0 Å². The lowest BCUT2D eigenvalue weighted by Gasteiger charge is -2.26. The molecule has 6 nitrogen and oxygen atoms in total.